The zero-order valence-electron chi connectivity index (χ0n) is 15.2. The van der Waals surface area contributed by atoms with E-state index in [0.29, 0.717) is 68.0 Å². The van der Waals surface area contributed by atoms with Gasteiger partial charge in [0.2, 0.25) is 5.91 Å². The summed E-state index contributed by atoms with van der Waals surface area (Å²) in [5, 5.41) is 1.01. The summed E-state index contributed by atoms with van der Waals surface area (Å²) in [5.41, 5.74) is 0. The summed E-state index contributed by atoms with van der Waals surface area (Å²) in [6.07, 6.45) is 2.47. The van der Waals surface area contributed by atoms with Gasteiger partial charge in [0.1, 0.15) is 11.9 Å². The van der Waals surface area contributed by atoms with Crippen LogP contribution in [0.3, 0.4) is 0 Å². The van der Waals surface area contributed by atoms with Crippen molar-refractivity contribution in [2.75, 3.05) is 39.4 Å². The highest BCUT2D eigenvalue weighted by molar-refractivity contribution is 6.35. The largest absolute Gasteiger partial charge is 0.492 e. The molecule has 2 aliphatic rings. The predicted molar refractivity (Wildman–Crippen MR) is 103 cm³/mol. The number of ether oxygens (including phenoxy) is 2. The summed E-state index contributed by atoms with van der Waals surface area (Å²) in [4.78, 5) is 28.3. The number of carbonyl (C=O) groups excluding carboxylic acids is 2. The van der Waals surface area contributed by atoms with E-state index < -0.39 is 0 Å². The number of hydrogen-bond donors (Lipinski definition) is 0. The predicted octanol–water partition coefficient (Wildman–Crippen LogP) is 3.00. The van der Waals surface area contributed by atoms with Crippen LogP contribution in [0.25, 0.3) is 0 Å². The van der Waals surface area contributed by atoms with E-state index >= 15 is 0 Å². The molecule has 2 heterocycles. The number of carbonyl (C=O) groups is 2. The molecule has 2 saturated heterocycles. The molecule has 27 heavy (non-hydrogen) atoms. The Morgan fingerprint density at radius 3 is 2.56 bits per heavy atom. The van der Waals surface area contributed by atoms with E-state index in [4.69, 9.17) is 32.7 Å². The van der Waals surface area contributed by atoms with Crippen LogP contribution in [0, 0.1) is 0 Å². The van der Waals surface area contributed by atoms with E-state index in [1.165, 1.54) is 0 Å². The SMILES string of the molecule is O=C(CCCOc1ccc(Cl)cc1Cl)N1CCN(C(=O)[C@H]2CCCO2)CC1. The van der Waals surface area contributed by atoms with E-state index in [1.807, 2.05) is 9.80 Å². The van der Waals surface area contributed by atoms with Crippen molar-refractivity contribution in [3.63, 3.8) is 0 Å². The van der Waals surface area contributed by atoms with Gasteiger partial charge in [-0.3, -0.25) is 9.59 Å². The van der Waals surface area contributed by atoms with Crippen molar-refractivity contribution in [1.82, 2.24) is 9.80 Å². The molecule has 0 radical (unpaired) electrons. The van der Waals surface area contributed by atoms with Gasteiger partial charge >= 0.3 is 0 Å². The Labute approximate surface area is 169 Å². The van der Waals surface area contributed by atoms with Crippen molar-refractivity contribution in [2.24, 2.45) is 0 Å². The summed E-state index contributed by atoms with van der Waals surface area (Å²) < 4.78 is 11.1. The Morgan fingerprint density at radius 1 is 1.15 bits per heavy atom. The van der Waals surface area contributed by atoms with E-state index in [1.54, 1.807) is 18.2 Å². The number of hydrogen-bond acceptors (Lipinski definition) is 4. The summed E-state index contributed by atoms with van der Waals surface area (Å²) in [6, 6.07) is 5.06. The molecule has 1 atom stereocenters. The smallest absolute Gasteiger partial charge is 0.251 e. The third kappa shape index (κ3) is 5.50. The van der Waals surface area contributed by atoms with E-state index in [-0.39, 0.29) is 17.9 Å². The van der Waals surface area contributed by atoms with Crippen LogP contribution in [-0.2, 0) is 14.3 Å². The molecule has 1 aromatic carbocycles. The van der Waals surface area contributed by atoms with Crippen molar-refractivity contribution < 1.29 is 19.1 Å². The van der Waals surface area contributed by atoms with E-state index in [2.05, 4.69) is 0 Å². The van der Waals surface area contributed by atoms with Gasteiger partial charge in [0.15, 0.2) is 0 Å². The first-order chi connectivity index (χ1) is 13.0. The van der Waals surface area contributed by atoms with Crippen molar-refractivity contribution in [3.8, 4) is 5.75 Å². The first-order valence-corrected chi connectivity index (χ1v) is 10.1. The average Bonchev–Trinajstić information content (AvgIpc) is 3.21. The van der Waals surface area contributed by atoms with Crippen LogP contribution >= 0.6 is 23.2 Å². The zero-order chi connectivity index (χ0) is 19.2. The lowest BCUT2D eigenvalue weighted by atomic mass is 10.2. The second-order valence-electron chi connectivity index (χ2n) is 6.73. The van der Waals surface area contributed by atoms with Crippen molar-refractivity contribution in [1.29, 1.82) is 0 Å². The number of piperazine rings is 1. The Kier molecular flexibility index (Phi) is 7.21. The molecule has 0 saturated carbocycles. The fraction of sp³-hybridized carbons (Fsp3) is 0.579. The highest BCUT2D eigenvalue weighted by Gasteiger charge is 2.31. The third-order valence-corrected chi connectivity index (χ3v) is 5.37. The highest BCUT2D eigenvalue weighted by Crippen LogP contribution is 2.27. The lowest BCUT2D eigenvalue weighted by molar-refractivity contribution is -0.146. The van der Waals surface area contributed by atoms with Gasteiger partial charge in [-0.15, -0.1) is 0 Å². The molecule has 148 valence electrons. The molecule has 0 spiro atoms. The normalized spacial score (nSPS) is 20.0. The van der Waals surface area contributed by atoms with Gasteiger partial charge in [0, 0.05) is 44.2 Å². The van der Waals surface area contributed by atoms with Gasteiger partial charge in [0.25, 0.3) is 5.91 Å². The molecule has 0 bridgehead atoms. The van der Waals surface area contributed by atoms with Crippen LogP contribution < -0.4 is 4.74 Å². The summed E-state index contributed by atoms with van der Waals surface area (Å²) in [6.45, 7) is 3.35. The Hall–Kier alpha value is -1.50. The van der Waals surface area contributed by atoms with Crippen LogP contribution in [0.4, 0.5) is 0 Å². The maximum Gasteiger partial charge on any atom is 0.251 e. The average molecular weight is 415 g/mol. The Balaban J connectivity index is 1.35. The van der Waals surface area contributed by atoms with Crippen molar-refractivity contribution >= 4 is 35.0 Å². The van der Waals surface area contributed by atoms with Crippen LogP contribution in [0.1, 0.15) is 25.7 Å². The highest BCUT2D eigenvalue weighted by atomic mass is 35.5. The molecular weight excluding hydrogens is 391 g/mol. The van der Waals surface area contributed by atoms with Crippen LogP contribution in [0.5, 0.6) is 5.75 Å². The van der Waals surface area contributed by atoms with Crippen molar-refractivity contribution in [2.45, 2.75) is 31.8 Å². The van der Waals surface area contributed by atoms with Gasteiger partial charge in [-0.2, -0.15) is 0 Å². The third-order valence-electron chi connectivity index (χ3n) is 4.84. The van der Waals surface area contributed by atoms with Crippen LogP contribution in [0.2, 0.25) is 10.0 Å². The number of rotatable bonds is 6. The second kappa shape index (κ2) is 9.62. The van der Waals surface area contributed by atoms with Crippen LogP contribution in [0.15, 0.2) is 18.2 Å². The molecule has 1 aromatic rings. The van der Waals surface area contributed by atoms with Crippen LogP contribution in [-0.4, -0.2) is 67.1 Å². The molecule has 0 aromatic heterocycles. The molecule has 2 aliphatic heterocycles. The molecule has 8 heteroatoms. The molecular formula is C19H24Cl2N2O4. The minimum atomic E-state index is -0.288. The van der Waals surface area contributed by atoms with Gasteiger partial charge < -0.3 is 19.3 Å². The Morgan fingerprint density at radius 2 is 1.89 bits per heavy atom. The van der Waals surface area contributed by atoms with E-state index in [9.17, 15) is 9.59 Å². The molecule has 0 N–H and O–H groups in total. The monoisotopic (exact) mass is 414 g/mol. The molecule has 0 aliphatic carbocycles. The molecule has 2 fully saturated rings. The lowest BCUT2D eigenvalue weighted by Crippen LogP contribution is -2.52. The zero-order valence-corrected chi connectivity index (χ0v) is 16.7. The number of benzene rings is 1. The standard InChI is InChI=1S/C19H24Cl2N2O4/c20-14-5-6-16(15(21)13-14)26-12-2-4-18(24)22-7-9-23(10-8-22)19(25)17-3-1-11-27-17/h5-6,13,17H,1-4,7-12H2/t17-/m1/s1. The fourth-order valence-electron chi connectivity index (χ4n) is 3.31. The van der Waals surface area contributed by atoms with E-state index in [0.717, 1.165) is 12.8 Å². The van der Waals surface area contributed by atoms with Gasteiger partial charge in [-0.05, 0) is 37.5 Å². The first kappa shape index (κ1) is 20.2. The van der Waals surface area contributed by atoms with Gasteiger partial charge in [0.05, 0.1) is 11.6 Å². The molecule has 2 amide bonds. The van der Waals surface area contributed by atoms with Gasteiger partial charge in [-0.1, -0.05) is 23.2 Å². The minimum absolute atomic E-state index is 0.0628. The lowest BCUT2D eigenvalue weighted by Gasteiger charge is -2.35. The summed E-state index contributed by atoms with van der Waals surface area (Å²) >= 11 is 11.9. The maximum atomic E-state index is 12.4. The quantitative estimate of drug-likeness (QED) is 0.671. The maximum absolute atomic E-state index is 12.4. The number of amides is 2. The van der Waals surface area contributed by atoms with Crippen molar-refractivity contribution in [3.05, 3.63) is 28.2 Å². The molecule has 0 unspecified atom stereocenters. The second-order valence-corrected chi connectivity index (χ2v) is 7.58. The number of halogens is 2. The fourth-order valence-corrected chi connectivity index (χ4v) is 3.77. The van der Waals surface area contributed by atoms with Gasteiger partial charge in [-0.25, -0.2) is 0 Å². The minimum Gasteiger partial charge on any atom is -0.492 e. The molecule has 6 nitrogen and oxygen atoms in total. The number of nitrogens with zero attached hydrogens (tertiary/aromatic N) is 2. The first-order valence-electron chi connectivity index (χ1n) is 9.30. The topological polar surface area (TPSA) is 59.1 Å². The molecule has 3 rings (SSSR count). The Bertz CT molecular complexity index is 672. The summed E-state index contributed by atoms with van der Waals surface area (Å²) in [5.74, 6) is 0.715. The summed E-state index contributed by atoms with van der Waals surface area (Å²) in [7, 11) is 0.